The van der Waals surface area contributed by atoms with Crippen LogP contribution in [0.5, 0.6) is 0 Å². The summed E-state index contributed by atoms with van der Waals surface area (Å²) in [6.07, 6.45) is -4.55. The van der Waals surface area contributed by atoms with E-state index < -0.39 is 11.7 Å². The molecule has 1 heterocycles. The van der Waals surface area contributed by atoms with Gasteiger partial charge in [-0.25, -0.2) is 4.98 Å². The van der Waals surface area contributed by atoms with Gasteiger partial charge in [0.1, 0.15) is 17.5 Å². The second kappa shape index (κ2) is 5.21. The summed E-state index contributed by atoms with van der Waals surface area (Å²) in [6.45, 7) is 0. The van der Waals surface area contributed by atoms with E-state index >= 15 is 0 Å². The molecule has 0 bridgehead atoms. The second-order valence-electron chi connectivity index (χ2n) is 3.97. The number of halogens is 4. The molecule has 5 nitrogen and oxygen atoms in total. The Kier molecular flexibility index (Phi) is 3.74. The average Bonchev–Trinajstić information content (AvgIpc) is 2.36. The molecule has 0 aliphatic heterocycles. The minimum absolute atomic E-state index is 0.0551. The van der Waals surface area contributed by atoms with Gasteiger partial charge >= 0.3 is 6.18 Å². The summed E-state index contributed by atoms with van der Waals surface area (Å²) >= 11 is 2.89. The number of nitriles is 1. The number of rotatable bonds is 1. The van der Waals surface area contributed by atoms with Gasteiger partial charge in [0.05, 0.1) is 11.3 Å². The number of hydrogen-bond donors (Lipinski definition) is 2. The van der Waals surface area contributed by atoms with Gasteiger partial charge in [0.15, 0.2) is 0 Å². The molecule has 1 aromatic carbocycles. The fourth-order valence-electron chi connectivity index (χ4n) is 1.73. The predicted molar refractivity (Wildman–Crippen MR) is 73.7 cm³/mol. The third-order valence-corrected chi connectivity index (χ3v) is 3.48. The molecule has 2 rings (SSSR count). The third-order valence-electron chi connectivity index (χ3n) is 2.63. The number of nitrogen functional groups attached to an aromatic ring is 2. The molecule has 1 aromatic heterocycles. The van der Waals surface area contributed by atoms with Crippen LogP contribution in [0.3, 0.4) is 0 Å². The van der Waals surface area contributed by atoms with Crippen LogP contribution in [0.15, 0.2) is 22.7 Å². The Morgan fingerprint density at radius 2 is 1.86 bits per heavy atom. The van der Waals surface area contributed by atoms with Crippen LogP contribution in [0.2, 0.25) is 0 Å². The first-order valence-electron chi connectivity index (χ1n) is 5.45. The minimum Gasteiger partial charge on any atom is -0.382 e. The van der Waals surface area contributed by atoms with Crippen molar-refractivity contribution in [1.29, 1.82) is 5.26 Å². The molecule has 0 amide bonds. The molecule has 0 unspecified atom stereocenters. The highest BCUT2D eigenvalue weighted by Crippen LogP contribution is 2.40. The summed E-state index contributed by atoms with van der Waals surface area (Å²) in [7, 11) is 0. The lowest BCUT2D eigenvalue weighted by Gasteiger charge is -2.13. The first-order valence-corrected chi connectivity index (χ1v) is 6.24. The Labute approximate surface area is 125 Å². The van der Waals surface area contributed by atoms with Gasteiger partial charge in [0.2, 0.25) is 5.95 Å². The van der Waals surface area contributed by atoms with Crippen molar-refractivity contribution in [3.63, 3.8) is 0 Å². The largest absolute Gasteiger partial charge is 0.417 e. The first kappa shape index (κ1) is 15.1. The van der Waals surface area contributed by atoms with E-state index in [4.69, 9.17) is 16.7 Å². The highest BCUT2D eigenvalue weighted by Gasteiger charge is 2.34. The van der Waals surface area contributed by atoms with E-state index in [-0.39, 0.29) is 33.1 Å². The average molecular weight is 358 g/mol. The highest BCUT2D eigenvalue weighted by atomic mass is 79.9. The molecule has 0 atom stereocenters. The van der Waals surface area contributed by atoms with Crippen molar-refractivity contribution in [2.75, 3.05) is 11.5 Å². The zero-order valence-electron chi connectivity index (χ0n) is 10.2. The molecule has 108 valence electrons. The summed E-state index contributed by atoms with van der Waals surface area (Å²) in [5.41, 5.74) is 9.98. The lowest BCUT2D eigenvalue weighted by atomic mass is 10.0. The molecule has 9 heteroatoms. The Morgan fingerprint density at radius 3 is 2.43 bits per heavy atom. The summed E-state index contributed by atoms with van der Waals surface area (Å²) in [4.78, 5) is 7.44. The standard InChI is InChI=1S/C12H7BrF3N5/c13-8-5(2-1-3-7(8)12(14,15)16)9-6(4-17)10(18)21-11(19)20-9/h1-3H,(H4,18,19,20,21). The number of hydrogen-bond acceptors (Lipinski definition) is 5. The van der Waals surface area contributed by atoms with Gasteiger partial charge in [0.25, 0.3) is 0 Å². The fourth-order valence-corrected chi connectivity index (χ4v) is 2.41. The van der Waals surface area contributed by atoms with Gasteiger partial charge in [-0.1, -0.05) is 12.1 Å². The first-order chi connectivity index (χ1) is 9.75. The Hall–Kier alpha value is -2.34. The normalized spacial score (nSPS) is 11.2. The van der Waals surface area contributed by atoms with E-state index in [0.717, 1.165) is 6.07 Å². The summed E-state index contributed by atoms with van der Waals surface area (Å²) in [6, 6.07) is 5.26. The molecule has 0 saturated carbocycles. The Bertz CT molecular complexity index is 752. The topological polar surface area (TPSA) is 102 Å². The predicted octanol–water partition coefficient (Wildman–Crippen LogP) is 2.96. The zero-order valence-corrected chi connectivity index (χ0v) is 11.8. The van der Waals surface area contributed by atoms with Crippen LogP contribution >= 0.6 is 15.9 Å². The molecule has 0 spiro atoms. The minimum atomic E-state index is -4.55. The van der Waals surface area contributed by atoms with Crippen molar-refractivity contribution in [3.05, 3.63) is 33.8 Å². The summed E-state index contributed by atoms with van der Waals surface area (Å²) in [5, 5.41) is 9.08. The second-order valence-corrected chi connectivity index (χ2v) is 4.76. The van der Waals surface area contributed by atoms with Crippen LogP contribution in [-0.4, -0.2) is 9.97 Å². The lowest BCUT2D eigenvalue weighted by molar-refractivity contribution is -0.138. The van der Waals surface area contributed by atoms with Crippen molar-refractivity contribution < 1.29 is 13.2 Å². The van der Waals surface area contributed by atoms with Gasteiger partial charge in [-0.15, -0.1) is 0 Å². The maximum absolute atomic E-state index is 12.9. The van der Waals surface area contributed by atoms with Crippen molar-refractivity contribution in [1.82, 2.24) is 9.97 Å². The molecule has 2 aromatic rings. The van der Waals surface area contributed by atoms with E-state index in [2.05, 4.69) is 25.9 Å². The molecular weight excluding hydrogens is 351 g/mol. The lowest BCUT2D eigenvalue weighted by Crippen LogP contribution is -2.08. The van der Waals surface area contributed by atoms with Crippen LogP contribution in [0.4, 0.5) is 24.9 Å². The molecule has 21 heavy (non-hydrogen) atoms. The highest BCUT2D eigenvalue weighted by molar-refractivity contribution is 9.10. The van der Waals surface area contributed by atoms with Crippen LogP contribution in [-0.2, 0) is 6.18 Å². The number of anilines is 2. The molecule has 0 fully saturated rings. The Balaban J connectivity index is 2.78. The van der Waals surface area contributed by atoms with E-state index in [1.807, 2.05) is 0 Å². The van der Waals surface area contributed by atoms with Crippen molar-refractivity contribution >= 4 is 27.7 Å². The number of alkyl halides is 3. The van der Waals surface area contributed by atoms with Gasteiger partial charge in [-0.3, -0.25) is 0 Å². The van der Waals surface area contributed by atoms with E-state index in [9.17, 15) is 13.2 Å². The molecular formula is C12H7BrF3N5. The van der Waals surface area contributed by atoms with Crippen LogP contribution in [0.1, 0.15) is 11.1 Å². The zero-order chi connectivity index (χ0) is 15.8. The van der Waals surface area contributed by atoms with Gasteiger partial charge < -0.3 is 11.5 Å². The maximum atomic E-state index is 12.9. The molecule has 0 saturated heterocycles. The molecule has 4 N–H and O–H groups in total. The van der Waals surface area contributed by atoms with E-state index in [1.54, 1.807) is 6.07 Å². The van der Waals surface area contributed by atoms with Crippen LogP contribution in [0.25, 0.3) is 11.3 Å². The number of aromatic nitrogens is 2. The number of nitrogens with zero attached hydrogens (tertiary/aromatic N) is 3. The Morgan fingerprint density at radius 1 is 1.19 bits per heavy atom. The third kappa shape index (κ3) is 2.75. The fraction of sp³-hybridized carbons (Fsp3) is 0.0833. The van der Waals surface area contributed by atoms with Crippen LogP contribution in [0, 0.1) is 11.3 Å². The SMILES string of the molecule is N#Cc1c(N)nc(N)nc1-c1cccc(C(F)(F)F)c1Br. The van der Waals surface area contributed by atoms with Gasteiger partial charge in [0, 0.05) is 10.0 Å². The van der Waals surface area contributed by atoms with Crippen molar-refractivity contribution in [3.8, 4) is 17.3 Å². The van der Waals surface area contributed by atoms with E-state index in [1.165, 1.54) is 12.1 Å². The monoisotopic (exact) mass is 357 g/mol. The molecule has 0 aliphatic carbocycles. The summed E-state index contributed by atoms with van der Waals surface area (Å²) in [5.74, 6) is -0.421. The summed E-state index contributed by atoms with van der Waals surface area (Å²) < 4.78 is 38.5. The quantitative estimate of drug-likeness (QED) is 0.816. The van der Waals surface area contributed by atoms with Crippen molar-refractivity contribution in [2.24, 2.45) is 0 Å². The van der Waals surface area contributed by atoms with Crippen molar-refractivity contribution in [2.45, 2.75) is 6.18 Å². The smallest absolute Gasteiger partial charge is 0.382 e. The number of benzene rings is 1. The van der Waals surface area contributed by atoms with Gasteiger partial charge in [-0.05, 0) is 22.0 Å². The molecule has 0 aliphatic rings. The maximum Gasteiger partial charge on any atom is 0.417 e. The van der Waals surface area contributed by atoms with Crippen LogP contribution < -0.4 is 11.5 Å². The van der Waals surface area contributed by atoms with Gasteiger partial charge in [-0.2, -0.15) is 23.4 Å². The van der Waals surface area contributed by atoms with E-state index in [0.29, 0.717) is 0 Å². The number of nitrogens with two attached hydrogens (primary N) is 2. The molecule has 0 radical (unpaired) electrons.